The van der Waals surface area contributed by atoms with Crippen LogP contribution in [0.5, 0.6) is 0 Å². The second-order valence-electron chi connectivity index (χ2n) is 5.05. The van der Waals surface area contributed by atoms with E-state index in [0.29, 0.717) is 6.04 Å². The van der Waals surface area contributed by atoms with E-state index in [-0.39, 0.29) is 0 Å². The molecule has 0 radical (unpaired) electrons. The number of hydrogen-bond donors (Lipinski definition) is 1. The van der Waals surface area contributed by atoms with E-state index >= 15 is 0 Å². The Hall–Kier alpha value is -1.62. The van der Waals surface area contributed by atoms with Crippen molar-refractivity contribution in [3.05, 3.63) is 46.7 Å². The largest absolute Gasteiger partial charge is 0.368 e. The number of nitrogens with one attached hydrogen (secondary N) is 1. The van der Waals surface area contributed by atoms with E-state index in [1.165, 1.54) is 5.56 Å². The van der Waals surface area contributed by atoms with Crippen molar-refractivity contribution in [3.8, 4) is 0 Å². The van der Waals surface area contributed by atoms with Crippen LogP contribution in [0.25, 0.3) is 0 Å². The van der Waals surface area contributed by atoms with Crippen LogP contribution < -0.4 is 10.2 Å². The van der Waals surface area contributed by atoms with Gasteiger partial charge in [-0.2, -0.15) is 0 Å². The van der Waals surface area contributed by atoms with Crippen LogP contribution >= 0.6 is 15.9 Å². The van der Waals surface area contributed by atoms with Crippen molar-refractivity contribution >= 4 is 27.6 Å². The number of halogens is 1. The minimum atomic E-state index is 0.355. The Morgan fingerprint density at radius 1 is 1.25 bits per heavy atom. The molecule has 106 valence electrons. The van der Waals surface area contributed by atoms with Gasteiger partial charge in [0.2, 0.25) is 0 Å². The van der Waals surface area contributed by atoms with Crippen LogP contribution in [0.1, 0.15) is 19.4 Å². The van der Waals surface area contributed by atoms with E-state index in [2.05, 4.69) is 62.1 Å². The van der Waals surface area contributed by atoms with Crippen molar-refractivity contribution in [2.75, 3.05) is 17.3 Å². The highest BCUT2D eigenvalue weighted by molar-refractivity contribution is 9.10. The molecule has 0 unspecified atom stereocenters. The van der Waals surface area contributed by atoms with Crippen LogP contribution in [0.15, 0.2) is 41.1 Å². The molecular weight excluding hydrogens is 316 g/mol. The number of nitrogens with zero attached hydrogens (tertiary/aromatic N) is 3. The lowest BCUT2D eigenvalue weighted by Crippen LogP contribution is -2.19. The predicted molar refractivity (Wildman–Crippen MR) is 87.0 cm³/mol. The molecule has 0 bridgehead atoms. The molecule has 4 nitrogen and oxygen atoms in total. The lowest BCUT2D eigenvalue weighted by molar-refractivity contribution is 0.869. The van der Waals surface area contributed by atoms with Gasteiger partial charge in [0.05, 0.1) is 0 Å². The Morgan fingerprint density at radius 3 is 2.75 bits per heavy atom. The summed E-state index contributed by atoms with van der Waals surface area (Å²) >= 11 is 3.49. The van der Waals surface area contributed by atoms with Crippen LogP contribution in [-0.4, -0.2) is 23.1 Å². The molecule has 1 aromatic heterocycles. The average molecular weight is 335 g/mol. The molecule has 0 aliphatic carbocycles. The van der Waals surface area contributed by atoms with E-state index in [1.54, 1.807) is 6.33 Å². The first-order chi connectivity index (χ1) is 9.54. The lowest BCUT2D eigenvalue weighted by Gasteiger charge is -2.19. The van der Waals surface area contributed by atoms with Gasteiger partial charge in [-0.1, -0.05) is 28.1 Å². The highest BCUT2D eigenvalue weighted by atomic mass is 79.9. The maximum Gasteiger partial charge on any atom is 0.134 e. The maximum atomic E-state index is 4.33. The summed E-state index contributed by atoms with van der Waals surface area (Å²) in [6.07, 6.45) is 1.59. The van der Waals surface area contributed by atoms with Crippen molar-refractivity contribution in [3.63, 3.8) is 0 Å². The minimum Gasteiger partial charge on any atom is -0.368 e. The number of benzene rings is 1. The lowest BCUT2D eigenvalue weighted by atomic mass is 10.2. The SMILES string of the molecule is CC(C)Nc1cc(N(C)Cc2cccc(Br)c2)ncn1. The zero-order valence-corrected chi connectivity index (χ0v) is 13.6. The second-order valence-corrected chi connectivity index (χ2v) is 5.96. The highest BCUT2D eigenvalue weighted by Gasteiger charge is 2.06. The summed E-state index contributed by atoms with van der Waals surface area (Å²) in [5.74, 6) is 1.76. The number of rotatable bonds is 5. The fourth-order valence-electron chi connectivity index (χ4n) is 1.92. The first-order valence-electron chi connectivity index (χ1n) is 6.59. The molecule has 0 aliphatic rings. The number of anilines is 2. The molecule has 0 atom stereocenters. The molecule has 0 fully saturated rings. The molecule has 0 spiro atoms. The molecule has 0 saturated carbocycles. The number of aromatic nitrogens is 2. The van der Waals surface area contributed by atoms with Crippen LogP contribution in [0, 0.1) is 0 Å². The molecule has 1 heterocycles. The molecule has 1 N–H and O–H groups in total. The molecule has 5 heteroatoms. The van der Waals surface area contributed by atoms with E-state index in [0.717, 1.165) is 22.7 Å². The van der Waals surface area contributed by atoms with Crippen LogP contribution in [0.4, 0.5) is 11.6 Å². The van der Waals surface area contributed by atoms with Gasteiger partial charge >= 0.3 is 0 Å². The molecule has 0 amide bonds. The van der Waals surface area contributed by atoms with Gasteiger partial charge in [-0.05, 0) is 31.5 Å². The predicted octanol–water partition coefficient (Wildman–Crippen LogP) is 3.70. The first-order valence-corrected chi connectivity index (χ1v) is 7.38. The topological polar surface area (TPSA) is 41.0 Å². The van der Waals surface area contributed by atoms with Crippen molar-refractivity contribution in [1.29, 1.82) is 0 Å². The van der Waals surface area contributed by atoms with Gasteiger partial charge in [-0.25, -0.2) is 9.97 Å². The summed E-state index contributed by atoms with van der Waals surface area (Å²) < 4.78 is 1.09. The van der Waals surface area contributed by atoms with Gasteiger partial charge in [-0.3, -0.25) is 0 Å². The van der Waals surface area contributed by atoms with E-state index in [1.807, 2.05) is 25.2 Å². The second kappa shape index (κ2) is 6.70. The van der Waals surface area contributed by atoms with E-state index < -0.39 is 0 Å². The standard InChI is InChI=1S/C15H19BrN4/c1-11(2)19-14-8-15(18-10-17-14)20(3)9-12-5-4-6-13(16)7-12/h4-8,10-11H,9H2,1-3H3,(H,17,18,19). The Bertz CT molecular complexity index is 571. The van der Waals surface area contributed by atoms with E-state index in [9.17, 15) is 0 Å². The van der Waals surface area contributed by atoms with Crippen LogP contribution in [0.2, 0.25) is 0 Å². The highest BCUT2D eigenvalue weighted by Crippen LogP contribution is 2.18. The third-order valence-corrected chi connectivity index (χ3v) is 3.28. The minimum absolute atomic E-state index is 0.355. The first kappa shape index (κ1) is 14.8. The van der Waals surface area contributed by atoms with Gasteiger partial charge < -0.3 is 10.2 Å². The molecule has 1 aromatic carbocycles. The Labute approximate surface area is 128 Å². The summed E-state index contributed by atoms with van der Waals surface area (Å²) in [7, 11) is 2.03. The molecular formula is C15H19BrN4. The number of hydrogen-bond acceptors (Lipinski definition) is 4. The van der Waals surface area contributed by atoms with Crippen LogP contribution in [0.3, 0.4) is 0 Å². The molecule has 2 rings (SSSR count). The fraction of sp³-hybridized carbons (Fsp3) is 0.333. The van der Waals surface area contributed by atoms with Crippen molar-refractivity contribution in [2.45, 2.75) is 26.4 Å². The van der Waals surface area contributed by atoms with E-state index in [4.69, 9.17) is 0 Å². The molecule has 0 aliphatic heterocycles. The fourth-order valence-corrected chi connectivity index (χ4v) is 2.37. The summed E-state index contributed by atoms with van der Waals surface area (Å²) in [5, 5.41) is 3.29. The van der Waals surface area contributed by atoms with Crippen LogP contribution in [-0.2, 0) is 6.54 Å². The van der Waals surface area contributed by atoms with Gasteiger partial charge in [0.1, 0.15) is 18.0 Å². The van der Waals surface area contributed by atoms with Gasteiger partial charge in [0.15, 0.2) is 0 Å². The Kier molecular flexibility index (Phi) is 4.95. The average Bonchev–Trinajstić information content (AvgIpc) is 2.38. The van der Waals surface area contributed by atoms with Crippen molar-refractivity contribution in [2.24, 2.45) is 0 Å². The monoisotopic (exact) mass is 334 g/mol. The van der Waals surface area contributed by atoms with Crippen molar-refractivity contribution in [1.82, 2.24) is 9.97 Å². The van der Waals surface area contributed by atoms with Gasteiger partial charge in [0.25, 0.3) is 0 Å². The Balaban J connectivity index is 2.10. The zero-order valence-electron chi connectivity index (χ0n) is 12.0. The molecule has 0 saturated heterocycles. The maximum absolute atomic E-state index is 4.33. The summed E-state index contributed by atoms with van der Waals surface area (Å²) in [6.45, 7) is 4.98. The smallest absolute Gasteiger partial charge is 0.134 e. The van der Waals surface area contributed by atoms with Gasteiger partial charge in [0, 0.05) is 30.2 Å². The van der Waals surface area contributed by atoms with Crippen molar-refractivity contribution < 1.29 is 0 Å². The molecule has 2 aromatic rings. The quantitative estimate of drug-likeness (QED) is 0.905. The normalized spacial score (nSPS) is 10.7. The summed E-state index contributed by atoms with van der Waals surface area (Å²) in [4.78, 5) is 10.7. The zero-order chi connectivity index (χ0) is 14.5. The van der Waals surface area contributed by atoms with Gasteiger partial charge in [-0.15, -0.1) is 0 Å². The summed E-state index contributed by atoms with van der Waals surface area (Å²) in [5.41, 5.74) is 1.24. The Morgan fingerprint density at radius 2 is 2.05 bits per heavy atom. The molecule has 20 heavy (non-hydrogen) atoms. The third-order valence-electron chi connectivity index (χ3n) is 2.79. The summed E-state index contributed by atoms with van der Waals surface area (Å²) in [6, 6.07) is 10.6. The third kappa shape index (κ3) is 4.20.